The summed E-state index contributed by atoms with van der Waals surface area (Å²) in [5.41, 5.74) is 2.43. The Morgan fingerprint density at radius 2 is 1.61 bits per heavy atom. The molecule has 0 aromatic heterocycles. The smallest absolute Gasteiger partial charge is 0.0877 e. The summed E-state index contributed by atoms with van der Waals surface area (Å²) in [4.78, 5) is 0. The van der Waals surface area contributed by atoms with E-state index in [2.05, 4.69) is 65.8 Å². The summed E-state index contributed by atoms with van der Waals surface area (Å²) < 4.78 is 5.94. The first-order valence-corrected chi connectivity index (χ1v) is 7.19. The Hall–Kier alpha value is -0.820. The minimum atomic E-state index is -0.166. The van der Waals surface area contributed by atoms with E-state index in [9.17, 15) is 0 Å². The van der Waals surface area contributed by atoms with Crippen LogP contribution >= 0.6 is 0 Å². The van der Waals surface area contributed by atoms with Crippen molar-refractivity contribution < 1.29 is 4.74 Å². The standard InChI is InChI=1S/C14H22O.C3H8/c1-5-6-11-15-14(3,4)13-10-8-7-9-12(13)2;1-3-2/h7-10H,5-6,11H2,1-4H3;3H2,1-2H3. The molecule has 1 aromatic carbocycles. The van der Waals surface area contributed by atoms with Crippen LogP contribution in [-0.2, 0) is 10.3 Å². The maximum absolute atomic E-state index is 5.94. The number of hydrogen-bond donors (Lipinski definition) is 0. The normalized spacial score (nSPS) is 10.8. The Bertz CT molecular complexity index is 315. The van der Waals surface area contributed by atoms with Crippen molar-refractivity contribution in [3.8, 4) is 0 Å². The maximum Gasteiger partial charge on any atom is 0.0877 e. The van der Waals surface area contributed by atoms with Crippen molar-refractivity contribution >= 4 is 0 Å². The lowest BCUT2D eigenvalue weighted by Gasteiger charge is -2.27. The Balaban J connectivity index is 0.000000873. The van der Waals surface area contributed by atoms with Gasteiger partial charge in [-0.25, -0.2) is 0 Å². The summed E-state index contributed by atoms with van der Waals surface area (Å²) in [6, 6.07) is 8.44. The molecule has 0 saturated heterocycles. The average Bonchev–Trinajstić information content (AvgIpc) is 2.30. The van der Waals surface area contributed by atoms with Gasteiger partial charge in [0.1, 0.15) is 0 Å². The van der Waals surface area contributed by atoms with Gasteiger partial charge in [-0.05, 0) is 38.3 Å². The molecular formula is C17H30O. The highest BCUT2D eigenvalue weighted by Crippen LogP contribution is 2.27. The lowest BCUT2D eigenvalue weighted by molar-refractivity contribution is -0.0233. The van der Waals surface area contributed by atoms with Gasteiger partial charge in [0.05, 0.1) is 5.60 Å². The maximum atomic E-state index is 5.94. The van der Waals surface area contributed by atoms with Crippen LogP contribution in [0, 0.1) is 6.92 Å². The van der Waals surface area contributed by atoms with Gasteiger partial charge in [-0.2, -0.15) is 0 Å². The van der Waals surface area contributed by atoms with E-state index in [0.29, 0.717) is 0 Å². The molecule has 1 heteroatoms. The molecule has 0 N–H and O–H groups in total. The molecule has 0 atom stereocenters. The van der Waals surface area contributed by atoms with Gasteiger partial charge in [0.2, 0.25) is 0 Å². The lowest BCUT2D eigenvalue weighted by Crippen LogP contribution is -2.23. The van der Waals surface area contributed by atoms with Crippen LogP contribution in [-0.4, -0.2) is 6.61 Å². The van der Waals surface area contributed by atoms with Crippen LogP contribution < -0.4 is 0 Å². The van der Waals surface area contributed by atoms with Crippen LogP contribution in [0.1, 0.15) is 65.0 Å². The van der Waals surface area contributed by atoms with E-state index < -0.39 is 0 Å². The Kier molecular flexibility index (Phi) is 8.74. The molecular weight excluding hydrogens is 220 g/mol. The number of rotatable bonds is 5. The molecule has 1 rings (SSSR count). The fourth-order valence-electron chi connectivity index (χ4n) is 1.80. The highest BCUT2D eigenvalue weighted by atomic mass is 16.5. The van der Waals surface area contributed by atoms with E-state index in [1.165, 1.54) is 24.0 Å². The summed E-state index contributed by atoms with van der Waals surface area (Å²) in [5.74, 6) is 0. The van der Waals surface area contributed by atoms with E-state index in [0.717, 1.165) is 13.0 Å². The first-order chi connectivity index (χ1) is 8.49. The SMILES string of the molecule is CCC.CCCCOC(C)(C)c1ccccc1C. The molecule has 18 heavy (non-hydrogen) atoms. The van der Waals surface area contributed by atoms with Gasteiger partial charge in [0.15, 0.2) is 0 Å². The highest BCUT2D eigenvalue weighted by molar-refractivity contribution is 5.30. The zero-order valence-electron chi connectivity index (χ0n) is 13.0. The first kappa shape index (κ1) is 17.2. The Morgan fingerprint density at radius 1 is 1.06 bits per heavy atom. The molecule has 0 aliphatic rings. The number of hydrogen-bond acceptors (Lipinski definition) is 1. The summed E-state index contributed by atoms with van der Waals surface area (Å²) in [6.45, 7) is 13.7. The molecule has 0 unspecified atom stereocenters. The van der Waals surface area contributed by atoms with Crippen LogP contribution in [0.3, 0.4) is 0 Å². The van der Waals surface area contributed by atoms with Crippen LogP contribution in [0.25, 0.3) is 0 Å². The van der Waals surface area contributed by atoms with E-state index in [1.807, 2.05) is 0 Å². The molecule has 0 radical (unpaired) electrons. The molecule has 0 fully saturated rings. The number of ether oxygens (including phenoxy) is 1. The van der Waals surface area contributed by atoms with Crippen molar-refractivity contribution in [1.82, 2.24) is 0 Å². The van der Waals surface area contributed by atoms with Crippen LogP contribution in [0.5, 0.6) is 0 Å². The monoisotopic (exact) mass is 250 g/mol. The third-order valence-corrected chi connectivity index (χ3v) is 2.75. The largest absolute Gasteiger partial charge is 0.371 e. The Labute approximate surface area is 114 Å². The molecule has 0 aliphatic heterocycles. The second-order valence-electron chi connectivity index (χ2n) is 5.23. The minimum Gasteiger partial charge on any atom is -0.371 e. The van der Waals surface area contributed by atoms with Crippen molar-refractivity contribution in [2.75, 3.05) is 6.61 Å². The van der Waals surface area contributed by atoms with Crippen LogP contribution in [0.2, 0.25) is 0 Å². The summed E-state index contributed by atoms with van der Waals surface area (Å²) in [7, 11) is 0. The average molecular weight is 250 g/mol. The number of unbranched alkanes of at least 4 members (excludes halogenated alkanes) is 1. The zero-order chi connectivity index (χ0) is 14.0. The van der Waals surface area contributed by atoms with E-state index in [4.69, 9.17) is 4.74 Å². The van der Waals surface area contributed by atoms with E-state index >= 15 is 0 Å². The van der Waals surface area contributed by atoms with Gasteiger partial charge in [0.25, 0.3) is 0 Å². The molecule has 0 aliphatic carbocycles. The van der Waals surface area contributed by atoms with E-state index in [1.54, 1.807) is 0 Å². The Morgan fingerprint density at radius 3 is 2.11 bits per heavy atom. The molecule has 104 valence electrons. The quantitative estimate of drug-likeness (QED) is 0.630. The third-order valence-electron chi connectivity index (χ3n) is 2.75. The predicted molar refractivity (Wildman–Crippen MR) is 81.0 cm³/mol. The lowest BCUT2D eigenvalue weighted by atomic mass is 9.93. The molecule has 0 saturated carbocycles. The molecule has 0 bridgehead atoms. The minimum absolute atomic E-state index is 0.166. The molecule has 0 spiro atoms. The molecule has 0 heterocycles. The first-order valence-electron chi connectivity index (χ1n) is 7.19. The molecule has 0 amide bonds. The van der Waals surface area contributed by atoms with Crippen molar-refractivity contribution in [2.45, 2.75) is 66.4 Å². The summed E-state index contributed by atoms with van der Waals surface area (Å²) in [5, 5.41) is 0. The fraction of sp³-hybridized carbons (Fsp3) is 0.647. The number of benzene rings is 1. The highest BCUT2D eigenvalue weighted by Gasteiger charge is 2.22. The molecule has 1 nitrogen and oxygen atoms in total. The van der Waals surface area contributed by atoms with Gasteiger partial charge in [-0.1, -0.05) is 57.9 Å². The van der Waals surface area contributed by atoms with Crippen molar-refractivity contribution in [1.29, 1.82) is 0 Å². The molecule has 1 aromatic rings. The van der Waals surface area contributed by atoms with Crippen molar-refractivity contribution in [2.24, 2.45) is 0 Å². The predicted octanol–water partition coefficient (Wildman–Crippen LogP) is 5.46. The van der Waals surface area contributed by atoms with Crippen molar-refractivity contribution in [3.63, 3.8) is 0 Å². The summed E-state index contributed by atoms with van der Waals surface area (Å²) >= 11 is 0. The topological polar surface area (TPSA) is 9.23 Å². The summed E-state index contributed by atoms with van der Waals surface area (Å²) in [6.07, 6.45) is 3.57. The van der Waals surface area contributed by atoms with Crippen molar-refractivity contribution in [3.05, 3.63) is 35.4 Å². The van der Waals surface area contributed by atoms with Gasteiger partial charge >= 0.3 is 0 Å². The zero-order valence-corrected chi connectivity index (χ0v) is 13.0. The van der Waals surface area contributed by atoms with Crippen LogP contribution in [0.15, 0.2) is 24.3 Å². The fourth-order valence-corrected chi connectivity index (χ4v) is 1.80. The van der Waals surface area contributed by atoms with Gasteiger partial charge in [-0.15, -0.1) is 0 Å². The number of aryl methyl sites for hydroxylation is 1. The van der Waals surface area contributed by atoms with Gasteiger partial charge in [-0.3, -0.25) is 0 Å². The second kappa shape index (κ2) is 9.16. The second-order valence-corrected chi connectivity index (χ2v) is 5.23. The van der Waals surface area contributed by atoms with Crippen LogP contribution in [0.4, 0.5) is 0 Å². The van der Waals surface area contributed by atoms with E-state index in [-0.39, 0.29) is 5.60 Å². The van der Waals surface area contributed by atoms with Gasteiger partial charge in [0, 0.05) is 6.61 Å². The van der Waals surface area contributed by atoms with Gasteiger partial charge < -0.3 is 4.74 Å². The third kappa shape index (κ3) is 6.20.